The normalized spacial score (nSPS) is 25.9. The summed E-state index contributed by atoms with van der Waals surface area (Å²) in [5.74, 6) is -0.806. The summed E-state index contributed by atoms with van der Waals surface area (Å²) in [5.41, 5.74) is 4.12. The molecule has 3 heterocycles. The number of aromatic hydroxyl groups is 1. The average molecular weight is 598 g/mol. The lowest BCUT2D eigenvalue weighted by molar-refractivity contribution is -0.140. The first-order chi connectivity index (χ1) is 18.1. The molecule has 3 aliphatic rings. The molecule has 1 aromatic heterocycles. The van der Waals surface area contributed by atoms with Crippen molar-refractivity contribution in [3.8, 4) is 5.75 Å². The predicted octanol–water partition coefficient (Wildman–Crippen LogP) is 6.05. The number of thiophene rings is 1. The molecule has 2 aromatic rings. The summed E-state index contributed by atoms with van der Waals surface area (Å²) in [6, 6.07) is 9.22. The van der Waals surface area contributed by atoms with Crippen LogP contribution in [0.25, 0.3) is 6.08 Å². The van der Waals surface area contributed by atoms with Gasteiger partial charge in [-0.05, 0) is 79.6 Å². The number of nitrogens with zero attached hydrogens (tertiary/aromatic N) is 1. The lowest BCUT2D eigenvalue weighted by Gasteiger charge is -2.44. The molecule has 0 spiro atoms. The van der Waals surface area contributed by atoms with E-state index in [-0.39, 0.29) is 41.4 Å². The van der Waals surface area contributed by atoms with E-state index in [1.165, 1.54) is 10.5 Å². The molecule has 1 aromatic carbocycles. The first-order valence-electron chi connectivity index (χ1n) is 13.2. The highest BCUT2D eigenvalue weighted by atomic mass is 79.9. The van der Waals surface area contributed by atoms with Gasteiger partial charge in [-0.15, -0.1) is 11.3 Å². The summed E-state index contributed by atoms with van der Waals surface area (Å²) in [6.07, 6.45) is 3.89. The number of fused-ring (bicyclic) bond motifs is 3. The first kappa shape index (κ1) is 27.4. The highest BCUT2D eigenvalue weighted by Gasteiger charge is 2.57. The topological polar surface area (TPSA) is 87.1 Å². The summed E-state index contributed by atoms with van der Waals surface area (Å²) in [6.45, 7) is 6.60. The van der Waals surface area contributed by atoms with E-state index >= 15 is 0 Å². The number of allylic oxidation sites excluding steroid dienone is 2. The van der Waals surface area contributed by atoms with Gasteiger partial charge in [0.1, 0.15) is 5.75 Å². The van der Waals surface area contributed by atoms with Gasteiger partial charge < -0.3 is 14.8 Å². The zero-order valence-electron chi connectivity index (χ0n) is 21.9. The Hall–Kier alpha value is -2.20. The van der Waals surface area contributed by atoms with Crippen LogP contribution in [0.2, 0.25) is 6.32 Å². The van der Waals surface area contributed by atoms with Crippen molar-refractivity contribution in [3.63, 3.8) is 0 Å². The number of benzene rings is 1. The second kappa shape index (κ2) is 11.1. The van der Waals surface area contributed by atoms with Crippen LogP contribution in [0.1, 0.15) is 50.5 Å². The van der Waals surface area contributed by atoms with Gasteiger partial charge in [0.05, 0.1) is 24.5 Å². The van der Waals surface area contributed by atoms with Crippen LogP contribution in [0.5, 0.6) is 5.75 Å². The van der Waals surface area contributed by atoms with Gasteiger partial charge in [-0.3, -0.25) is 14.5 Å². The monoisotopic (exact) mass is 597 g/mol. The van der Waals surface area contributed by atoms with Crippen LogP contribution in [0.3, 0.4) is 0 Å². The second-order valence-corrected chi connectivity index (χ2v) is 12.9. The van der Waals surface area contributed by atoms with Crippen molar-refractivity contribution in [3.05, 3.63) is 67.3 Å². The van der Waals surface area contributed by atoms with Gasteiger partial charge in [0.25, 0.3) is 0 Å². The highest BCUT2D eigenvalue weighted by Crippen LogP contribution is 2.52. The summed E-state index contributed by atoms with van der Waals surface area (Å²) in [7, 11) is -0.978. The SMILES string of the molecule is C/C(=C\c1cc(Br)ccc1O)CC[C@H]1OB(O)C[C@H]2C1=C(C(C)C)C[C@H]1C(=O)N(Cc3cccs3)C(=O)[C@H]12. The summed E-state index contributed by atoms with van der Waals surface area (Å²) < 4.78 is 7.00. The number of rotatable bonds is 7. The predicted molar refractivity (Wildman–Crippen MR) is 153 cm³/mol. The fourth-order valence-electron chi connectivity index (χ4n) is 6.37. The average Bonchev–Trinajstić information content (AvgIpc) is 3.47. The number of imide groups is 1. The van der Waals surface area contributed by atoms with E-state index < -0.39 is 13.0 Å². The van der Waals surface area contributed by atoms with E-state index in [0.717, 1.165) is 26.1 Å². The maximum absolute atomic E-state index is 13.7. The van der Waals surface area contributed by atoms with Gasteiger partial charge in [-0.25, -0.2) is 0 Å². The standard InChI is InChI=1S/C29H33BBrNO5S/c1-16(2)21-13-22-27(29(35)32(28(22)34)15-20-5-4-10-38-20)23-14-30(36)37-25(26(21)23)9-6-17(3)11-18-12-19(31)7-8-24(18)33/h4-5,7-8,10-12,16,22-23,25,27,33,36H,6,9,13-15H2,1-3H3/b17-11+/t22-,23+,25-,27-/m1/s1. The Balaban J connectivity index is 1.41. The van der Waals surface area contributed by atoms with Crippen molar-refractivity contribution in [2.75, 3.05) is 0 Å². The van der Waals surface area contributed by atoms with Crippen LogP contribution in [0, 0.1) is 23.7 Å². The Labute approximate surface area is 236 Å². The zero-order chi connectivity index (χ0) is 27.1. The number of phenols is 1. The Morgan fingerprint density at radius 3 is 2.76 bits per heavy atom. The fraction of sp³-hybridized carbons (Fsp3) is 0.448. The molecular formula is C29H33BBrNO5S. The molecule has 5 rings (SSSR count). The quantitative estimate of drug-likeness (QED) is 0.230. The number of amides is 2. The third-order valence-electron chi connectivity index (χ3n) is 8.12. The summed E-state index contributed by atoms with van der Waals surface area (Å²) >= 11 is 5.00. The number of phenolic OH excluding ortho intramolecular Hbond substituents is 1. The maximum atomic E-state index is 13.7. The zero-order valence-corrected chi connectivity index (χ0v) is 24.3. The van der Waals surface area contributed by atoms with Crippen molar-refractivity contribution in [2.24, 2.45) is 23.7 Å². The molecular weight excluding hydrogens is 565 g/mol. The first-order valence-corrected chi connectivity index (χ1v) is 14.9. The minimum absolute atomic E-state index is 0.0873. The van der Waals surface area contributed by atoms with E-state index in [9.17, 15) is 19.7 Å². The van der Waals surface area contributed by atoms with Gasteiger partial charge in [0.15, 0.2) is 0 Å². The van der Waals surface area contributed by atoms with Crippen molar-refractivity contribution in [1.29, 1.82) is 0 Å². The van der Waals surface area contributed by atoms with E-state index in [1.54, 1.807) is 23.5 Å². The Morgan fingerprint density at radius 2 is 2.05 bits per heavy atom. The summed E-state index contributed by atoms with van der Waals surface area (Å²) in [4.78, 5) is 29.6. The maximum Gasteiger partial charge on any atom is 0.455 e. The van der Waals surface area contributed by atoms with Crippen LogP contribution >= 0.6 is 27.3 Å². The number of carbonyl (C=O) groups excluding carboxylic acids is 2. The van der Waals surface area contributed by atoms with E-state index in [2.05, 4.69) is 29.8 Å². The molecule has 0 unspecified atom stereocenters. The van der Waals surface area contributed by atoms with Gasteiger partial charge in [0.2, 0.25) is 11.8 Å². The Morgan fingerprint density at radius 1 is 1.26 bits per heavy atom. The largest absolute Gasteiger partial charge is 0.507 e. The minimum atomic E-state index is -0.978. The van der Waals surface area contributed by atoms with Gasteiger partial charge in [-0.2, -0.15) is 0 Å². The molecule has 0 radical (unpaired) electrons. The molecule has 2 saturated heterocycles. The van der Waals surface area contributed by atoms with Crippen molar-refractivity contribution >= 4 is 52.3 Å². The molecule has 0 bridgehead atoms. The molecule has 9 heteroatoms. The van der Waals surface area contributed by atoms with Crippen LogP contribution in [0.4, 0.5) is 0 Å². The highest BCUT2D eigenvalue weighted by molar-refractivity contribution is 9.10. The molecule has 38 heavy (non-hydrogen) atoms. The Bertz CT molecular complexity index is 1290. The van der Waals surface area contributed by atoms with Crippen molar-refractivity contribution < 1.29 is 24.4 Å². The lowest BCUT2D eigenvalue weighted by Crippen LogP contribution is -2.46. The Kier molecular flexibility index (Phi) is 8.01. The van der Waals surface area contributed by atoms with Gasteiger partial charge >= 0.3 is 7.12 Å². The molecule has 0 saturated carbocycles. The third-order valence-corrected chi connectivity index (χ3v) is 9.47. The number of hydrogen-bond donors (Lipinski definition) is 2. The number of likely N-dealkylation sites (tertiary alicyclic amines) is 1. The fourth-order valence-corrected chi connectivity index (χ4v) is 7.44. The van der Waals surface area contributed by atoms with Crippen molar-refractivity contribution in [1.82, 2.24) is 4.90 Å². The molecule has 6 nitrogen and oxygen atoms in total. The van der Waals surface area contributed by atoms with Crippen LogP contribution in [-0.4, -0.2) is 40.1 Å². The van der Waals surface area contributed by atoms with Crippen LogP contribution < -0.4 is 0 Å². The third kappa shape index (κ3) is 5.31. The molecule has 200 valence electrons. The van der Waals surface area contributed by atoms with E-state index in [4.69, 9.17) is 4.65 Å². The van der Waals surface area contributed by atoms with Crippen LogP contribution in [-0.2, 0) is 20.8 Å². The molecule has 1 aliphatic carbocycles. The number of carbonyl (C=O) groups is 2. The van der Waals surface area contributed by atoms with Crippen LogP contribution in [0.15, 0.2) is 56.9 Å². The molecule has 2 aliphatic heterocycles. The van der Waals surface area contributed by atoms with E-state index in [0.29, 0.717) is 32.1 Å². The number of hydrogen-bond acceptors (Lipinski definition) is 6. The lowest BCUT2D eigenvalue weighted by atomic mass is 9.57. The smallest absolute Gasteiger partial charge is 0.455 e. The molecule has 2 amide bonds. The molecule has 2 fully saturated rings. The number of halogens is 1. The van der Waals surface area contributed by atoms with Gasteiger partial charge in [0, 0.05) is 14.9 Å². The molecule has 4 atom stereocenters. The van der Waals surface area contributed by atoms with Gasteiger partial charge in [-0.1, -0.05) is 53.1 Å². The molecule has 2 N–H and O–H groups in total. The van der Waals surface area contributed by atoms with E-state index in [1.807, 2.05) is 36.6 Å². The summed E-state index contributed by atoms with van der Waals surface area (Å²) in [5, 5.41) is 22.9. The second-order valence-electron chi connectivity index (χ2n) is 11.0. The minimum Gasteiger partial charge on any atom is -0.507 e. The van der Waals surface area contributed by atoms with Crippen molar-refractivity contribution in [2.45, 2.75) is 59.0 Å².